The lowest BCUT2D eigenvalue weighted by Crippen LogP contribution is -2.26. The van der Waals surface area contributed by atoms with E-state index >= 15 is 0 Å². The van der Waals surface area contributed by atoms with E-state index in [4.69, 9.17) is 0 Å². The Kier molecular flexibility index (Phi) is 4.91. The number of nitrogens with zero attached hydrogens (tertiary/aromatic N) is 1. The summed E-state index contributed by atoms with van der Waals surface area (Å²) in [5.41, 5.74) is 4.77. The van der Waals surface area contributed by atoms with Gasteiger partial charge in [0.2, 0.25) is 0 Å². The predicted molar refractivity (Wildman–Crippen MR) is 108 cm³/mol. The Balaban J connectivity index is 1.45. The number of benzene rings is 2. The van der Waals surface area contributed by atoms with Crippen LogP contribution in [0.25, 0.3) is 5.57 Å². The molecule has 0 aromatic heterocycles. The van der Waals surface area contributed by atoms with Crippen LogP contribution in [0.2, 0.25) is 0 Å². The van der Waals surface area contributed by atoms with Crippen molar-refractivity contribution in [1.29, 1.82) is 0 Å². The van der Waals surface area contributed by atoms with Crippen molar-refractivity contribution in [3.63, 3.8) is 0 Å². The van der Waals surface area contributed by atoms with Crippen LogP contribution in [0.5, 0.6) is 0 Å². The quantitative estimate of drug-likeness (QED) is 0.779. The Labute approximate surface area is 154 Å². The lowest BCUT2D eigenvalue weighted by atomic mass is 10.1. The van der Waals surface area contributed by atoms with Crippen LogP contribution in [-0.2, 0) is 4.79 Å². The van der Waals surface area contributed by atoms with Gasteiger partial charge in [0, 0.05) is 41.9 Å². The molecule has 4 rings (SSSR count). The molecule has 0 unspecified atom stereocenters. The van der Waals surface area contributed by atoms with E-state index in [0.717, 1.165) is 30.0 Å². The summed E-state index contributed by atoms with van der Waals surface area (Å²) in [6, 6.07) is 16.3. The van der Waals surface area contributed by atoms with Crippen molar-refractivity contribution in [3.05, 3.63) is 60.3 Å². The fourth-order valence-electron chi connectivity index (χ4n) is 3.71. The molecule has 4 nitrogen and oxygen atoms in total. The smallest absolute Gasteiger partial charge is 0.257 e. The predicted octanol–water partition coefficient (Wildman–Crippen LogP) is 4.86. The van der Waals surface area contributed by atoms with Crippen molar-refractivity contribution in [2.75, 3.05) is 28.6 Å². The summed E-state index contributed by atoms with van der Waals surface area (Å²) < 4.78 is 0. The first-order chi connectivity index (χ1) is 12.8. The number of amides is 1. The Hall–Kier alpha value is -2.75. The molecule has 2 aliphatic heterocycles. The van der Waals surface area contributed by atoms with Gasteiger partial charge < -0.3 is 15.5 Å². The molecule has 134 valence electrons. The number of nitrogens with one attached hydrogen (secondary N) is 2. The molecule has 1 fully saturated rings. The second-order valence-corrected chi connectivity index (χ2v) is 7.00. The molecule has 2 N–H and O–H groups in total. The number of para-hydroxylation sites is 1. The maximum atomic E-state index is 12.1. The molecule has 2 aromatic carbocycles. The van der Waals surface area contributed by atoms with Crippen LogP contribution in [-0.4, -0.2) is 19.0 Å². The third-order valence-corrected chi connectivity index (χ3v) is 5.18. The van der Waals surface area contributed by atoms with Crippen molar-refractivity contribution in [1.82, 2.24) is 0 Å². The number of hydrogen-bond acceptors (Lipinski definition) is 3. The van der Waals surface area contributed by atoms with E-state index in [1.54, 1.807) is 6.20 Å². The zero-order chi connectivity index (χ0) is 17.8. The molecule has 0 saturated carbocycles. The number of anilines is 3. The molecule has 0 atom stereocenters. The molecule has 0 spiro atoms. The summed E-state index contributed by atoms with van der Waals surface area (Å²) in [5.74, 6) is -0.0593. The molecule has 2 aliphatic rings. The summed E-state index contributed by atoms with van der Waals surface area (Å²) in [6.45, 7) is 2.29. The summed E-state index contributed by atoms with van der Waals surface area (Å²) in [5, 5.41) is 6.16. The van der Waals surface area contributed by atoms with Gasteiger partial charge in [0.05, 0.1) is 5.57 Å². The first-order valence-corrected chi connectivity index (χ1v) is 9.54. The fraction of sp³-hybridized carbons (Fsp3) is 0.318. The van der Waals surface area contributed by atoms with Gasteiger partial charge in [-0.25, -0.2) is 0 Å². The second-order valence-electron chi connectivity index (χ2n) is 7.00. The van der Waals surface area contributed by atoms with E-state index in [2.05, 4.69) is 39.8 Å². The van der Waals surface area contributed by atoms with Crippen LogP contribution in [0, 0.1) is 0 Å². The van der Waals surface area contributed by atoms with Gasteiger partial charge in [0.1, 0.15) is 0 Å². The molecule has 4 heteroatoms. The molecule has 2 heterocycles. The van der Waals surface area contributed by atoms with E-state index < -0.39 is 0 Å². The SMILES string of the molecule is O=C1Nc2ccccc2/C1=C\Nc1ccc(N2CCCCCCC2)cc1. The molecule has 0 radical (unpaired) electrons. The average molecular weight is 347 g/mol. The number of carbonyl (C=O) groups is 1. The highest BCUT2D eigenvalue weighted by Gasteiger charge is 2.23. The molecular weight excluding hydrogens is 322 g/mol. The molecule has 1 saturated heterocycles. The monoisotopic (exact) mass is 347 g/mol. The zero-order valence-electron chi connectivity index (χ0n) is 15.0. The van der Waals surface area contributed by atoms with Gasteiger partial charge in [-0.05, 0) is 43.2 Å². The van der Waals surface area contributed by atoms with Gasteiger partial charge >= 0.3 is 0 Å². The summed E-state index contributed by atoms with van der Waals surface area (Å²) in [6.07, 6.45) is 8.41. The van der Waals surface area contributed by atoms with Crippen molar-refractivity contribution < 1.29 is 4.79 Å². The highest BCUT2D eigenvalue weighted by atomic mass is 16.2. The van der Waals surface area contributed by atoms with Gasteiger partial charge in [-0.3, -0.25) is 4.79 Å². The maximum Gasteiger partial charge on any atom is 0.257 e. The second kappa shape index (κ2) is 7.65. The lowest BCUT2D eigenvalue weighted by Gasteiger charge is -2.27. The highest BCUT2D eigenvalue weighted by molar-refractivity contribution is 6.31. The molecule has 26 heavy (non-hydrogen) atoms. The third-order valence-electron chi connectivity index (χ3n) is 5.18. The fourth-order valence-corrected chi connectivity index (χ4v) is 3.71. The first-order valence-electron chi connectivity index (χ1n) is 9.54. The molecule has 2 aromatic rings. The number of rotatable bonds is 3. The van der Waals surface area contributed by atoms with Crippen LogP contribution in [0.4, 0.5) is 17.1 Å². The summed E-state index contributed by atoms with van der Waals surface area (Å²) >= 11 is 0. The lowest BCUT2D eigenvalue weighted by molar-refractivity contribution is -0.110. The van der Waals surface area contributed by atoms with E-state index in [-0.39, 0.29) is 5.91 Å². The van der Waals surface area contributed by atoms with E-state index in [1.807, 2.05) is 24.3 Å². The normalized spacial score (nSPS) is 18.8. The summed E-state index contributed by atoms with van der Waals surface area (Å²) in [4.78, 5) is 14.6. The topological polar surface area (TPSA) is 44.4 Å². The van der Waals surface area contributed by atoms with E-state index in [9.17, 15) is 4.79 Å². The van der Waals surface area contributed by atoms with Crippen LogP contribution in [0.3, 0.4) is 0 Å². The highest BCUT2D eigenvalue weighted by Crippen LogP contribution is 2.31. The van der Waals surface area contributed by atoms with Crippen LogP contribution < -0.4 is 15.5 Å². The van der Waals surface area contributed by atoms with Gasteiger partial charge in [-0.2, -0.15) is 0 Å². The van der Waals surface area contributed by atoms with Crippen LogP contribution >= 0.6 is 0 Å². The van der Waals surface area contributed by atoms with Crippen molar-refractivity contribution in [3.8, 4) is 0 Å². The minimum absolute atomic E-state index is 0.0593. The first kappa shape index (κ1) is 16.7. The standard InChI is InChI=1S/C22H25N3O/c26-22-20(19-8-4-5-9-21(19)24-22)16-23-17-10-12-18(13-11-17)25-14-6-2-1-3-7-15-25/h4-5,8-13,16,23H,1-3,6-7,14-15H2,(H,24,26)/b20-16+. The van der Waals surface area contributed by atoms with Crippen LogP contribution in [0.1, 0.15) is 37.7 Å². The van der Waals surface area contributed by atoms with Gasteiger partial charge in [0.25, 0.3) is 5.91 Å². The largest absolute Gasteiger partial charge is 0.372 e. The van der Waals surface area contributed by atoms with Gasteiger partial charge in [0.15, 0.2) is 0 Å². The minimum atomic E-state index is -0.0593. The average Bonchev–Trinajstić information content (AvgIpc) is 2.95. The molecule has 0 aliphatic carbocycles. The van der Waals surface area contributed by atoms with E-state index in [1.165, 1.54) is 37.8 Å². The maximum absolute atomic E-state index is 12.1. The zero-order valence-corrected chi connectivity index (χ0v) is 15.0. The van der Waals surface area contributed by atoms with Gasteiger partial charge in [-0.15, -0.1) is 0 Å². The molecule has 0 bridgehead atoms. The summed E-state index contributed by atoms with van der Waals surface area (Å²) in [7, 11) is 0. The molecule has 1 amide bonds. The minimum Gasteiger partial charge on any atom is -0.372 e. The number of hydrogen-bond donors (Lipinski definition) is 2. The van der Waals surface area contributed by atoms with E-state index in [0.29, 0.717) is 5.57 Å². The third kappa shape index (κ3) is 3.59. The molecular formula is C22H25N3O. The Morgan fingerprint density at radius 2 is 1.58 bits per heavy atom. The Morgan fingerprint density at radius 1 is 0.885 bits per heavy atom. The van der Waals surface area contributed by atoms with Crippen LogP contribution in [0.15, 0.2) is 54.7 Å². The van der Waals surface area contributed by atoms with Crippen molar-refractivity contribution >= 4 is 28.5 Å². The van der Waals surface area contributed by atoms with Crippen molar-refractivity contribution in [2.45, 2.75) is 32.1 Å². The Bertz CT molecular complexity index is 802. The number of fused-ring (bicyclic) bond motifs is 1. The Morgan fingerprint density at radius 3 is 2.35 bits per heavy atom. The number of carbonyl (C=O) groups excluding carboxylic acids is 1. The van der Waals surface area contributed by atoms with Crippen molar-refractivity contribution in [2.24, 2.45) is 0 Å². The van der Waals surface area contributed by atoms with Gasteiger partial charge in [-0.1, -0.05) is 37.5 Å².